The van der Waals surface area contributed by atoms with Gasteiger partial charge in [-0.3, -0.25) is 0 Å². The normalized spacial score (nSPS) is 12.4. The average Bonchev–Trinajstić information content (AvgIpc) is 3.21. The quantitative estimate of drug-likeness (QED) is 0.276. The molecule has 0 bridgehead atoms. The second-order valence-corrected chi connectivity index (χ2v) is 11.0. The van der Waals surface area contributed by atoms with Crippen molar-refractivity contribution in [3.05, 3.63) is 91.0 Å². The highest BCUT2D eigenvalue weighted by molar-refractivity contribution is 7.27. The summed E-state index contributed by atoms with van der Waals surface area (Å²) in [5, 5.41) is 13.0. The predicted octanol–water partition coefficient (Wildman–Crippen LogP) is 6.93. The van der Waals surface area contributed by atoms with Crippen molar-refractivity contribution in [2.75, 3.05) is 0 Å². The third-order valence-electron chi connectivity index (χ3n) is 6.97. The van der Waals surface area contributed by atoms with Crippen LogP contribution in [0.5, 0.6) is 0 Å². The van der Waals surface area contributed by atoms with Gasteiger partial charge in [-0.2, -0.15) is 0 Å². The predicted molar refractivity (Wildman–Crippen MR) is 148 cm³/mol. The lowest BCUT2D eigenvalue weighted by Gasteiger charge is -2.37. The van der Waals surface area contributed by atoms with Crippen LogP contribution in [0.1, 0.15) is 27.7 Å². The molecule has 0 atom stereocenters. The summed E-state index contributed by atoms with van der Waals surface area (Å²) in [6.07, 6.45) is 0. The molecule has 4 aromatic carbocycles. The molecule has 0 aliphatic heterocycles. The first-order chi connectivity index (χ1) is 16.2. The van der Waals surface area contributed by atoms with Crippen molar-refractivity contribution >= 4 is 44.5 Å². The van der Waals surface area contributed by atoms with E-state index in [9.17, 15) is 5.11 Å². The Morgan fingerprint density at radius 1 is 0.676 bits per heavy atom. The maximum absolute atomic E-state index is 10.4. The Balaban J connectivity index is 1.48. The van der Waals surface area contributed by atoms with Gasteiger partial charge in [0.2, 0.25) is 0 Å². The smallest absolute Gasteiger partial charge is 0.310 e. The molecule has 1 aromatic heterocycles. The minimum atomic E-state index is -0.925. The molecule has 0 spiro atoms. The summed E-state index contributed by atoms with van der Waals surface area (Å²) in [7, 11) is 0.467. The second kappa shape index (κ2) is 8.70. The van der Waals surface area contributed by atoms with Gasteiger partial charge in [0, 0.05) is 14.8 Å². The third-order valence-corrected chi connectivity index (χ3v) is 8.23. The molecule has 0 fully saturated rings. The van der Waals surface area contributed by atoms with Gasteiger partial charge in [0.15, 0.2) is 0 Å². The minimum absolute atomic E-state index is 0.467. The van der Waals surface area contributed by atoms with Crippen LogP contribution in [0.25, 0.3) is 42.4 Å². The van der Waals surface area contributed by atoms with E-state index >= 15 is 0 Å². The fraction of sp³-hybridized carbons (Fsp3) is 0.200. The van der Waals surface area contributed by atoms with Crippen LogP contribution < -0.4 is 5.46 Å². The summed E-state index contributed by atoms with van der Waals surface area (Å²) in [6, 6.07) is 32.4. The topological polar surface area (TPSA) is 29.5 Å². The van der Waals surface area contributed by atoms with Gasteiger partial charge >= 0.3 is 7.48 Å². The monoisotopic (exact) mass is 464 g/mol. The first-order valence-corrected chi connectivity index (χ1v) is 12.5. The molecule has 0 saturated carbocycles. The van der Waals surface area contributed by atoms with Crippen LogP contribution in [0.2, 0.25) is 0 Å². The van der Waals surface area contributed by atoms with Crippen LogP contribution in [0.4, 0.5) is 0 Å². The Morgan fingerprint density at radius 2 is 1.29 bits per heavy atom. The van der Waals surface area contributed by atoms with E-state index in [-0.39, 0.29) is 0 Å². The number of fused-ring (bicyclic) bond motifs is 3. The van der Waals surface area contributed by atoms with Crippen LogP contribution in [0.15, 0.2) is 91.0 Å². The molecule has 0 unspecified atom stereocenters. The van der Waals surface area contributed by atoms with Gasteiger partial charge < -0.3 is 9.76 Å². The summed E-state index contributed by atoms with van der Waals surface area (Å²) >= 11 is 1.81. The van der Waals surface area contributed by atoms with Crippen molar-refractivity contribution in [2.24, 2.45) is 0 Å². The summed E-state index contributed by atoms with van der Waals surface area (Å²) < 4.78 is 8.70. The molecule has 1 heterocycles. The molecular weight excluding hydrogens is 435 g/mol. The SMILES string of the molecule is CC(C)(O)C(C)(C)OBc1cccc2c1sc1ccc(-c3ccc(-c4ccccc4)cc3)cc12. The Bertz CT molecular complexity index is 1450. The Morgan fingerprint density at radius 3 is 1.97 bits per heavy atom. The van der Waals surface area contributed by atoms with Gasteiger partial charge in [-0.05, 0) is 72.9 Å². The lowest BCUT2D eigenvalue weighted by atomic mass is 9.82. The number of aliphatic hydroxyl groups is 1. The van der Waals surface area contributed by atoms with Crippen molar-refractivity contribution < 1.29 is 9.76 Å². The molecule has 0 aliphatic rings. The third kappa shape index (κ3) is 4.29. The molecule has 0 saturated heterocycles. The highest BCUT2D eigenvalue weighted by Gasteiger charge is 2.35. The maximum Gasteiger partial charge on any atom is 0.310 e. The minimum Gasteiger partial charge on any atom is -0.427 e. The van der Waals surface area contributed by atoms with E-state index < -0.39 is 11.2 Å². The van der Waals surface area contributed by atoms with Gasteiger partial charge in [-0.15, -0.1) is 11.3 Å². The van der Waals surface area contributed by atoms with Crippen LogP contribution in [-0.4, -0.2) is 23.8 Å². The zero-order chi connectivity index (χ0) is 23.9. The lowest BCUT2D eigenvalue weighted by molar-refractivity contribution is -0.0893. The summed E-state index contributed by atoms with van der Waals surface area (Å²) in [5.74, 6) is 0. The van der Waals surface area contributed by atoms with Crippen LogP contribution in [-0.2, 0) is 4.65 Å². The lowest BCUT2D eigenvalue weighted by Crippen LogP contribution is -2.49. The average molecular weight is 464 g/mol. The zero-order valence-electron chi connectivity index (χ0n) is 20.1. The molecule has 5 rings (SSSR count). The highest BCUT2D eigenvalue weighted by atomic mass is 32.1. The van der Waals surface area contributed by atoms with Crippen LogP contribution >= 0.6 is 11.3 Å². The van der Waals surface area contributed by atoms with Gasteiger partial charge in [0.25, 0.3) is 0 Å². The summed E-state index contributed by atoms with van der Waals surface area (Å²) in [4.78, 5) is 0. The largest absolute Gasteiger partial charge is 0.427 e. The standard InChI is InChI=1S/C30H29BO2S/c1-29(2,32)30(3,4)33-31-26-12-8-11-24-25-19-23(17-18-27(25)34-28(24)26)22-15-13-21(14-16-22)20-9-6-5-7-10-20/h5-19,31-32H,1-4H3. The van der Waals surface area contributed by atoms with E-state index in [1.165, 1.54) is 42.4 Å². The fourth-order valence-electron chi connectivity index (χ4n) is 4.07. The first-order valence-electron chi connectivity index (χ1n) is 11.7. The molecule has 5 aromatic rings. The second-order valence-electron chi connectivity index (χ2n) is 9.91. The van der Waals surface area contributed by atoms with Crippen molar-refractivity contribution in [2.45, 2.75) is 38.9 Å². The molecule has 1 N–H and O–H groups in total. The van der Waals surface area contributed by atoms with E-state index in [1.807, 2.05) is 31.3 Å². The van der Waals surface area contributed by atoms with Gasteiger partial charge in [-0.1, -0.05) is 78.9 Å². The Kier molecular flexibility index (Phi) is 5.85. The number of rotatable bonds is 6. The molecule has 2 nitrogen and oxygen atoms in total. The van der Waals surface area contributed by atoms with Crippen molar-refractivity contribution in [1.82, 2.24) is 0 Å². The Hall–Kier alpha value is -2.92. The van der Waals surface area contributed by atoms with Gasteiger partial charge in [0.05, 0.1) is 11.2 Å². The van der Waals surface area contributed by atoms with E-state index in [0.717, 1.165) is 5.46 Å². The molecule has 170 valence electrons. The molecule has 4 heteroatoms. The summed E-state index contributed by atoms with van der Waals surface area (Å²) in [5.41, 5.74) is 4.48. The van der Waals surface area contributed by atoms with Crippen LogP contribution in [0, 0.1) is 0 Å². The number of benzene rings is 4. The van der Waals surface area contributed by atoms with Gasteiger partial charge in [-0.25, -0.2) is 0 Å². The first kappa shape index (κ1) is 22.9. The zero-order valence-corrected chi connectivity index (χ0v) is 20.9. The van der Waals surface area contributed by atoms with Crippen molar-refractivity contribution in [3.8, 4) is 22.3 Å². The maximum atomic E-state index is 10.4. The fourth-order valence-corrected chi connectivity index (χ4v) is 5.25. The molecule has 34 heavy (non-hydrogen) atoms. The van der Waals surface area contributed by atoms with E-state index in [1.54, 1.807) is 13.8 Å². The molecule has 0 aliphatic carbocycles. The van der Waals surface area contributed by atoms with Gasteiger partial charge in [0.1, 0.15) is 0 Å². The molecule has 0 radical (unpaired) electrons. The number of hydrogen-bond acceptors (Lipinski definition) is 3. The molecule has 0 amide bonds. The highest BCUT2D eigenvalue weighted by Crippen LogP contribution is 2.36. The Labute approximate surface area is 206 Å². The van der Waals surface area contributed by atoms with E-state index in [4.69, 9.17) is 4.65 Å². The van der Waals surface area contributed by atoms with Crippen molar-refractivity contribution in [1.29, 1.82) is 0 Å². The van der Waals surface area contributed by atoms with E-state index in [2.05, 4.69) is 84.9 Å². The van der Waals surface area contributed by atoms with E-state index in [0.29, 0.717) is 7.48 Å². The summed E-state index contributed by atoms with van der Waals surface area (Å²) in [6.45, 7) is 7.46. The molecular formula is C30H29BO2S. The number of hydrogen-bond donors (Lipinski definition) is 1. The van der Waals surface area contributed by atoms with Crippen molar-refractivity contribution in [3.63, 3.8) is 0 Å². The number of thiophene rings is 1. The van der Waals surface area contributed by atoms with Crippen LogP contribution in [0.3, 0.4) is 0 Å².